The van der Waals surface area contributed by atoms with E-state index in [-0.39, 0.29) is 5.69 Å². The summed E-state index contributed by atoms with van der Waals surface area (Å²) in [6, 6.07) is 3.94. The number of amides is 1. The van der Waals surface area contributed by atoms with Gasteiger partial charge in [-0.2, -0.15) is 0 Å². The van der Waals surface area contributed by atoms with Crippen molar-refractivity contribution < 1.29 is 9.72 Å². The van der Waals surface area contributed by atoms with Crippen LogP contribution in [0.25, 0.3) is 6.08 Å². The molecule has 1 rings (SSSR count). The lowest BCUT2D eigenvalue weighted by atomic mass is 10.2. The highest BCUT2D eigenvalue weighted by molar-refractivity contribution is 6.32. The fraction of sp³-hybridized carbons (Fsp3) is 0. The Morgan fingerprint density at radius 3 is 2.73 bits per heavy atom. The van der Waals surface area contributed by atoms with Crippen molar-refractivity contribution in [2.45, 2.75) is 0 Å². The molecule has 0 aliphatic rings. The largest absolute Gasteiger partial charge is 0.366 e. The van der Waals surface area contributed by atoms with Crippen molar-refractivity contribution in [3.05, 3.63) is 45.0 Å². The van der Waals surface area contributed by atoms with Crippen LogP contribution in [0, 0.1) is 10.1 Å². The summed E-state index contributed by atoms with van der Waals surface area (Å²) in [4.78, 5) is 20.4. The molecule has 15 heavy (non-hydrogen) atoms. The van der Waals surface area contributed by atoms with Crippen LogP contribution in [0.15, 0.2) is 24.3 Å². The van der Waals surface area contributed by atoms with E-state index in [0.29, 0.717) is 10.6 Å². The molecule has 0 aromatic heterocycles. The lowest BCUT2D eigenvalue weighted by molar-refractivity contribution is -0.384. The first kappa shape index (κ1) is 11.2. The molecule has 0 bridgehead atoms. The molecule has 0 atom stereocenters. The highest BCUT2D eigenvalue weighted by Crippen LogP contribution is 2.22. The summed E-state index contributed by atoms with van der Waals surface area (Å²) in [5.74, 6) is -0.641. The van der Waals surface area contributed by atoms with Crippen LogP contribution >= 0.6 is 11.6 Å². The molecule has 0 radical (unpaired) electrons. The smallest absolute Gasteiger partial charge is 0.270 e. The molecule has 0 aliphatic heterocycles. The van der Waals surface area contributed by atoms with Crippen molar-refractivity contribution >= 4 is 29.3 Å². The molecular weight excluding hydrogens is 220 g/mol. The maximum Gasteiger partial charge on any atom is 0.270 e. The molecule has 78 valence electrons. The molecule has 0 aliphatic carbocycles. The van der Waals surface area contributed by atoms with Crippen LogP contribution in [-0.2, 0) is 4.79 Å². The van der Waals surface area contributed by atoms with Crippen LogP contribution in [0.3, 0.4) is 0 Å². The van der Waals surface area contributed by atoms with Gasteiger partial charge in [-0.15, -0.1) is 0 Å². The molecule has 0 fully saturated rings. The van der Waals surface area contributed by atoms with E-state index in [9.17, 15) is 14.9 Å². The van der Waals surface area contributed by atoms with E-state index in [1.165, 1.54) is 24.3 Å². The third-order valence-electron chi connectivity index (χ3n) is 1.62. The summed E-state index contributed by atoms with van der Waals surface area (Å²) < 4.78 is 0. The van der Waals surface area contributed by atoms with Gasteiger partial charge in [-0.05, 0) is 12.1 Å². The molecule has 2 N–H and O–H groups in total. The molecule has 1 amide bonds. The molecule has 5 nitrogen and oxygen atoms in total. The van der Waals surface area contributed by atoms with Gasteiger partial charge in [-0.1, -0.05) is 11.6 Å². The number of non-ortho nitro benzene ring substituents is 1. The van der Waals surface area contributed by atoms with E-state index >= 15 is 0 Å². The van der Waals surface area contributed by atoms with Gasteiger partial charge in [0.2, 0.25) is 5.91 Å². The SMILES string of the molecule is NC(=O)/C=C\c1cc([N+](=O)[O-])ccc1Cl. The number of carbonyl (C=O) groups excluding carboxylic acids is 1. The summed E-state index contributed by atoms with van der Waals surface area (Å²) >= 11 is 5.76. The third-order valence-corrected chi connectivity index (χ3v) is 1.96. The topological polar surface area (TPSA) is 86.2 Å². The number of nitrogens with zero attached hydrogens (tertiary/aromatic N) is 1. The zero-order valence-corrected chi connectivity index (χ0v) is 8.27. The number of hydrogen-bond donors (Lipinski definition) is 1. The van der Waals surface area contributed by atoms with Gasteiger partial charge < -0.3 is 5.73 Å². The van der Waals surface area contributed by atoms with Crippen LogP contribution in [0.2, 0.25) is 5.02 Å². The van der Waals surface area contributed by atoms with Gasteiger partial charge in [0.15, 0.2) is 0 Å². The standard InChI is InChI=1S/C9H7ClN2O3/c10-8-3-2-7(12(14)15)5-6(8)1-4-9(11)13/h1-5H,(H2,11,13)/b4-1-. The second-order valence-corrected chi connectivity index (χ2v) is 3.11. The number of benzene rings is 1. The zero-order valence-electron chi connectivity index (χ0n) is 7.51. The number of hydrogen-bond acceptors (Lipinski definition) is 3. The number of nitro groups is 1. The van der Waals surface area contributed by atoms with E-state index in [4.69, 9.17) is 17.3 Å². The number of nitrogens with two attached hydrogens (primary N) is 1. The van der Waals surface area contributed by atoms with E-state index in [1.807, 2.05) is 0 Å². The van der Waals surface area contributed by atoms with Crippen molar-refractivity contribution in [1.29, 1.82) is 0 Å². The second kappa shape index (κ2) is 4.56. The van der Waals surface area contributed by atoms with Crippen LogP contribution in [0.1, 0.15) is 5.56 Å². The van der Waals surface area contributed by atoms with Gasteiger partial charge in [0.1, 0.15) is 0 Å². The second-order valence-electron chi connectivity index (χ2n) is 2.70. The van der Waals surface area contributed by atoms with Crippen LogP contribution in [-0.4, -0.2) is 10.8 Å². The molecule has 1 aromatic rings. The molecule has 0 saturated heterocycles. The Bertz CT molecular complexity index is 443. The van der Waals surface area contributed by atoms with Crippen molar-refractivity contribution in [2.24, 2.45) is 5.73 Å². The van der Waals surface area contributed by atoms with E-state index < -0.39 is 10.8 Å². The average molecular weight is 227 g/mol. The maximum atomic E-state index is 10.5. The minimum absolute atomic E-state index is 0.0940. The monoisotopic (exact) mass is 226 g/mol. The Kier molecular flexibility index (Phi) is 3.41. The van der Waals surface area contributed by atoms with Gasteiger partial charge in [-0.25, -0.2) is 0 Å². The first-order valence-electron chi connectivity index (χ1n) is 3.92. The molecule has 0 unspecified atom stereocenters. The highest BCUT2D eigenvalue weighted by Gasteiger charge is 2.07. The molecule has 0 saturated carbocycles. The summed E-state index contributed by atoms with van der Waals surface area (Å²) in [6.07, 6.45) is 2.42. The minimum Gasteiger partial charge on any atom is -0.366 e. The van der Waals surface area contributed by atoms with Gasteiger partial charge >= 0.3 is 0 Å². The van der Waals surface area contributed by atoms with E-state index in [1.54, 1.807) is 0 Å². The van der Waals surface area contributed by atoms with Crippen molar-refractivity contribution in [3.8, 4) is 0 Å². The maximum absolute atomic E-state index is 10.5. The zero-order chi connectivity index (χ0) is 11.4. The molecule has 6 heteroatoms. The number of primary amides is 1. The Hall–Kier alpha value is -1.88. The number of halogens is 1. The minimum atomic E-state index is -0.641. The number of rotatable bonds is 3. The predicted octanol–water partition coefficient (Wildman–Crippen LogP) is 1.75. The fourth-order valence-corrected chi connectivity index (χ4v) is 1.12. The first-order valence-corrected chi connectivity index (χ1v) is 4.30. The lowest BCUT2D eigenvalue weighted by Gasteiger charge is -1.97. The molecule has 1 aromatic carbocycles. The number of nitro benzene ring substituents is 1. The normalized spacial score (nSPS) is 10.5. The van der Waals surface area contributed by atoms with Crippen molar-refractivity contribution in [1.82, 2.24) is 0 Å². The Labute approximate surface area is 90.3 Å². The van der Waals surface area contributed by atoms with Crippen LogP contribution < -0.4 is 5.73 Å². The van der Waals surface area contributed by atoms with Gasteiger partial charge in [0.25, 0.3) is 5.69 Å². The van der Waals surface area contributed by atoms with Crippen LogP contribution in [0.5, 0.6) is 0 Å². The van der Waals surface area contributed by atoms with Crippen LogP contribution in [0.4, 0.5) is 5.69 Å². The van der Waals surface area contributed by atoms with Gasteiger partial charge in [0.05, 0.1) is 4.92 Å². The van der Waals surface area contributed by atoms with Gasteiger partial charge in [0, 0.05) is 28.8 Å². The highest BCUT2D eigenvalue weighted by atomic mass is 35.5. The first-order chi connectivity index (χ1) is 7.00. The summed E-state index contributed by atoms with van der Waals surface area (Å²) in [5, 5.41) is 10.8. The molecule has 0 spiro atoms. The van der Waals surface area contributed by atoms with Crippen molar-refractivity contribution in [3.63, 3.8) is 0 Å². The Morgan fingerprint density at radius 2 is 2.20 bits per heavy atom. The molecular formula is C9H7ClN2O3. The predicted molar refractivity (Wildman–Crippen MR) is 56.3 cm³/mol. The Balaban J connectivity index is 3.11. The average Bonchev–Trinajstić information content (AvgIpc) is 2.16. The summed E-state index contributed by atoms with van der Waals surface area (Å²) in [6.45, 7) is 0. The van der Waals surface area contributed by atoms with Gasteiger partial charge in [-0.3, -0.25) is 14.9 Å². The fourth-order valence-electron chi connectivity index (χ4n) is 0.944. The number of carbonyl (C=O) groups is 1. The Morgan fingerprint density at radius 1 is 1.53 bits per heavy atom. The summed E-state index contributed by atoms with van der Waals surface area (Å²) in [5.41, 5.74) is 5.17. The van der Waals surface area contributed by atoms with E-state index in [0.717, 1.165) is 6.08 Å². The lowest BCUT2D eigenvalue weighted by Crippen LogP contribution is -2.05. The quantitative estimate of drug-likeness (QED) is 0.484. The summed E-state index contributed by atoms with van der Waals surface area (Å²) in [7, 11) is 0. The van der Waals surface area contributed by atoms with E-state index in [2.05, 4.69) is 0 Å². The van der Waals surface area contributed by atoms with Crippen molar-refractivity contribution in [2.75, 3.05) is 0 Å². The third kappa shape index (κ3) is 3.07. The molecule has 0 heterocycles.